The van der Waals surface area contributed by atoms with E-state index >= 15 is 0 Å². The minimum absolute atomic E-state index is 0.00107. The maximum absolute atomic E-state index is 13.1. The minimum Gasteiger partial charge on any atom is -0.457 e. The zero-order valence-electron chi connectivity index (χ0n) is 21.6. The van der Waals surface area contributed by atoms with Crippen molar-refractivity contribution in [1.82, 2.24) is 10.5 Å². The summed E-state index contributed by atoms with van der Waals surface area (Å²) in [5.74, 6) is 0.550. The van der Waals surface area contributed by atoms with Gasteiger partial charge >= 0.3 is 6.18 Å². The van der Waals surface area contributed by atoms with Crippen LogP contribution in [0.5, 0.6) is 11.5 Å². The van der Waals surface area contributed by atoms with Gasteiger partial charge in [-0.2, -0.15) is 18.6 Å². The largest absolute Gasteiger partial charge is 0.457 e. The summed E-state index contributed by atoms with van der Waals surface area (Å²) in [6, 6.07) is 29.8. The summed E-state index contributed by atoms with van der Waals surface area (Å²) in [4.78, 5) is 11.9. The van der Waals surface area contributed by atoms with Gasteiger partial charge in [-0.15, -0.1) is 0 Å². The molecule has 1 aliphatic rings. The van der Waals surface area contributed by atoms with E-state index in [0.717, 1.165) is 29.7 Å². The molecule has 1 aliphatic heterocycles. The van der Waals surface area contributed by atoms with Gasteiger partial charge < -0.3 is 4.74 Å². The number of hydrogen-bond acceptors (Lipinski definition) is 5. The minimum atomic E-state index is -4.45. The van der Waals surface area contributed by atoms with Gasteiger partial charge in [-0.1, -0.05) is 65.8 Å². The third-order valence-corrected chi connectivity index (χ3v) is 7.39. The molecule has 0 amide bonds. The SMILES string of the molecule is CC(=O)c1cccc(C=[N+]2SC(c3cccc(Oc4cccc(C(F)(F)F)c4)c3)NN2CCc2ccccc2)c1. The number of hydrogen-bond donors (Lipinski definition) is 1. The van der Waals surface area contributed by atoms with Crippen LogP contribution in [-0.2, 0) is 12.6 Å². The number of hydrazone groups is 1. The predicted octanol–water partition coefficient (Wildman–Crippen LogP) is 7.46. The van der Waals surface area contributed by atoms with E-state index in [1.54, 1.807) is 31.0 Å². The maximum Gasteiger partial charge on any atom is 0.416 e. The Balaban J connectivity index is 1.38. The first-order valence-electron chi connectivity index (χ1n) is 12.7. The number of ketones is 1. The molecule has 0 bridgehead atoms. The Morgan fingerprint density at radius 1 is 0.950 bits per heavy atom. The highest BCUT2D eigenvalue weighted by Gasteiger charge is 2.37. The number of rotatable bonds is 8. The molecule has 0 radical (unpaired) electrons. The van der Waals surface area contributed by atoms with E-state index in [4.69, 9.17) is 4.74 Å². The molecule has 0 saturated carbocycles. The Kier molecular flexibility index (Phi) is 8.23. The van der Waals surface area contributed by atoms with Crippen molar-refractivity contribution in [1.29, 1.82) is 0 Å². The van der Waals surface area contributed by atoms with Crippen LogP contribution in [0.15, 0.2) is 103 Å². The molecule has 1 saturated heterocycles. The van der Waals surface area contributed by atoms with Gasteiger partial charge in [0, 0.05) is 11.1 Å². The molecule has 4 aromatic carbocycles. The van der Waals surface area contributed by atoms with Crippen LogP contribution < -0.4 is 10.2 Å². The quantitative estimate of drug-likeness (QED) is 0.137. The molecule has 5 nitrogen and oxygen atoms in total. The number of nitrogens with one attached hydrogen (secondary N) is 1. The van der Waals surface area contributed by atoms with Crippen molar-refractivity contribution < 1.29 is 26.8 Å². The number of ether oxygens (including phenoxy) is 1. The average molecular weight is 563 g/mol. The molecule has 1 heterocycles. The summed E-state index contributed by atoms with van der Waals surface area (Å²) in [5, 5.41) is 1.83. The van der Waals surface area contributed by atoms with Crippen LogP contribution in [0.2, 0.25) is 0 Å². The molecule has 0 spiro atoms. The maximum atomic E-state index is 13.1. The van der Waals surface area contributed by atoms with Crippen molar-refractivity contribution >= 4 is 23.9 Å². The second-order valence-electron chi connectivity index (χ2n) is 9.29. The number of Topliss-reactive ketones (excluding diaryl/α,β-unsaturated/α-hetero) is 1. The van der Waals surface area contributed by atoms with Crippen LogP contribution in [0.25, 0.3) is 0 Å². The van der Waals surface area contributed by atoms with Crippen LogP contribution in [0, 0.1) is 0 Å². The van der Waals surface area contributed by atoms with E-state index in [1.165, 1.54) is 17.7 Å². The highest BCUT2D eigenvalue weighted by molar-refractivity contribution is 7.93. The molecule has 0 aliphatic carbocycles. The third kappa shape index (κ3) is 6.91. The van der Waals surface area contributed by atoms with Gasteiger partial charge in [0.05, 0.1) is 12.1 Å². The van der Waals surface area contributed by atoms with Gasteiger partial charge in [0.15, 0.2) is 11.2 Å². The van der Waals surface area contributed by atoms with Gasteiger partial charge in [-0.25, -0.2) is 0 Å². The number of carbonyl (C=O) groups excluding carboxylic acids is 1. The van der Waals surface area contributed by atoms with Crippen LogP contribution >= 0.6 is 11.9 Å². The summed E-state index contributed by atoms with van der Waals surface area (Å²) >= 11 is 1.54. The van der Waals surface area contributed by atoms with Gasteiger partial charge in [0.2, 0.25) is 18.2 Å². The molecular formula is C31H27F3N3O2S+. The van der Waals surface area contributed by atoms with Crippen molar-refractivity contribution in [3.8, 4) is 11.5 Å². The Bertz CT molecular complexity index is 1530. The lowest BCUT2D eigenvalue weighted by atomic mass is 10.1. The first-order chi connectivity index (χ1) is 19.2. The highest BCUT2D eigenvalue weighted by atomic mass is 32.2. The fraction of sp³-hybridized carbons (Fsp3) is 0.161. The molecular weight excluding hydrogens is 535 g/mol. The molecule has 40 heavy (non-hydrogen) atoms. The van der Waals surface area contributed by atoms with E-state index in [-0.39, 0.29) is 16.9 Å². The normalized spacial score (nSPS) is 16.4. The summed E-state index contributed by atoms with van der Waals surface area (Å²) in [6.45, 7) is 2.22. The topological polar surface area (TPSA) is 44.6 Å². The standard InChI is InChI=1S/C31H27F3N3O2S/c1-22(38)25-11-5-10-24(18-25)21-37-36(17-16-23-8-3-2-4-9-23)35-30(40-37)26-12-6-14-28(19-26)39-29-15-7-13-27(20-29)31(32,33)34/h2-15,18-21,30,35H,16-17H2,1H3/q+1. The van der Waals surface area contributed by atoms with Crippen molar-refractivity contribution in [2.24, 2.45) is 0 Å². The molecule has 0 aromatic heterocycles. The van der Waals surface area contributed by atoms with E-state index in [1.807, 2.05) is 70.0 Å². The fourth-order valence-corrected chi connectivity index (χ4v) is 5.32. The van der Waals surface area contributed by atoms with Crippen LogP contribution in [-0.4, -0.2) is 27.8 Å². The molecule has 9 heteroatoms. The van der Waals surface area contributed by atoms with E-state index in [0.29, 0.717) is 17.9 Å². The lowest BCUT2D eigenvalue weighted by molar-refractivity contribution is -0.553. The van der Waals surface area contributed by atoms with Crippen molar-refractivity contribution in [2.45, 2.75) is 24.9 Å². The Hall–Kier alpha value is -4.08. The monoisotopic (exact) mass is 562 g/mol. The van der Waals surface area contributed by atoms with Gasteiger partial charge in [0.25, 0.3) is 0 Å². The average Bonchev–Trinajstić information content (AvgIpc) is 3.35. The summed E-state index contributed by atoms with van der Waals surface area (Å²) in [5.41, 5.74) is 6.38. The van der Waals surface area contributed by atoms with Crippen molar-refractivity contribution in [2.75, 3.05) is 6.54 Å². The van der Waals surface area contributed by atoms with Crippen molar-refractivity contribution in [3.63, 3.8) is 0 Å². The van der Waals surface area contributed by atoms with Crippen LogP contribution in [0.1, 0.15) is 44.9 Å². The molecule has 1 fully saturated rings. The number of carbonyl (C=O) groups is 1. The van der Waals surface area contributed by atoms with E-state index in [9.17, 15) is 18.0 Å². The number of nitrogens with zero attached hydrogens (tertiary/aromatic N) is 2. The van der Waals surface area contributed by atoms with E-state index in [2.05, 4.69) is 17.6 Å². The molecule has 1 atom stereocenters. The van der Waals surface area contributed by atoms with Crippen LogP contribution in [0.4, 0.5) is 13.2 Å². The number of hydrazine groups is 2. The zero-order chi connectivity index (χ0) is 28.1. The fourth-order valence-electron chi connectivity index (χ4n) is 4.24. The second-order valence-corrected chi connectivity index (χ2v) is 10.3. The number of halogens is 3. The summed E-state index contributed by atoms with van der Waals surface area (Å²) < 4.78 is 47.2. The first-order valence-corrected chi connectivity index (χ1v) is 13.5. The molecule has 1 N–H and O–H groups in total. The highest BCUT2D eigenvalue weighted by Crippen LogP contribution is 2.37. The second kappa shape index (κ2) is 12.0. The Labute approximate surface area is 235 Å². The van der Waals surface area contributed by atoms with Gasteiger partial charge in [-0.3, -0.25) is 4.79 Å². The van der Waals surface area contributed by atoms with E-state index < -0.39 is 11.7 Å². The molecule has 4 aromatic rings. The number of benzene rings is 4. The molecule has 1 unspecified atom stereocenters. The van der Waals surface area contributed by atoms with Gasteiger partial charge in [-0.05, 0) is 71.0 Å². The first kappa shape index (κ1) is 27.5. The van der Waals surface area contributed by atoms with Crippen LogP contribution in [0.3, 0.4) is 0 Å². The van der Waals surface area contributed by atoms with Gasteiger partial charge in [0.1, 0.15) is 11.5 Å². The smallest absolute Gasteiger partial charge is 0.416 e. The lowest BCUT2D eigenvalue weighted by Crippen LogP contribution is -2.38. The summed E-state index contributed by atoms with van der Waals surface area (Å²) in [6.07, 6.45) is -1.67. The lowest BCUT2D eigenvalue weighted by Gasteiger charge is -2.13. The molecule has 5 rings (SSSR count). The zero-order valence-corrected chi connectivity index (χ0v) is 22.5. The predicted molar refractivity (Wildman–Crippen MR) is 150 cm³/mol. The van der Waals surface area contributed by atoms with Crippen molar-refractivity contribution in [3.05, 3.63) is 131 Å². The Morgan fingerprint density at radius 3 is 2.42 bits per heavy atom. The third-order valence-electron chi connectivity index (χ3n) is 6.28. The Morgan fingerprint density at radius 2 is 1.68 bits per heavy atom. The molecule has 204 valence electrons. The summed E-state index contributed by atoms with van der Waals surface area (Å²) in [7, 11) is 0. The number of alkyl halides is 3.